The molecule has 2 N–H and O–H groups in total. The van der Waals surface area contributed by atoms with Crippen LogP contribution in [0.3, 0.4) is 0 Å². The van der Waals surface area contributed by atoms with Gasteiger partial charge < -0.3 is 5.73 Å². The van der Waals surface area contributed by atoms with Gasteiger partial charge in [-0.05, 0) is 22.6 Å². The molecular weight excluding hydrogens is 312 g/mol. The number of nitrogens with two attached hydrogens (primary N) is 1. The lowest BCUT2D eigenvalue weighted by molar-refractivity contribution is 0.145. The number of hydrogen-bond acceptors (Lipinski definition) is 2. The van der Waals surface area contributed by atoms with E-state index >= 15 is 0 Å². The van der Waals surface area contributed by atoms with Crippen LogP contribution < -0.4 is 5.73 Å². The summed E-state index contributed by atoms with van der Waals surface area (Å²) in [5.74, 6) is 0.117. The summed E-state index contributed by atoms with van der Waals surface area (Å²) in [6.07, 6.45) is -1.38. The molecule has 0 radical (unpaired) electrons. The number of hydrogen-bond donors (Lipinski definition) is 1. The molecule has 0 atom stereocenters. The predicted molar refractivity (Wildman–Crippen MR) is 55.9 cm³/mol. The smallest absolute Gasteiger partial charge is 0.281 e. The lowest BCUT2D eigenvalue weighted by atomic mass is 10.2. The summed E-state index contributed by atoms with van der Waals surface area (Å²) in [5.41, 5.74) is 6.12. The summed E-state index contributed by atoms with van der Waals surface area (Å²) in [5, 5.41) is 0. The first-order chi connectivity index (χ1) is 6.07. The molecule has 0 bridgehead atoms. The van der Waals surface area contributed by atoms with Crippen molar-refractivity contribution in [3.05, 3.63) is 21.0 Å². The summed E-state index contributed by atoms with van der Waals surface area (Å²) in [7, 11) is 0. The lowest BCUT2D eigenvalue weighted by Gasteiger charge is -2.08. The monoisotopic (exact) mass is 318 g/mol. The second-order valence-corrected chi connectivity index (χ2v) is 3.67. The molecule has 0 aliphatic rings. The Morgan fingerprint density at radius 2 is 2.23 bits per heavy atom. The van der Waals surface area contributed by atoms with Crippen LogP contribution in [0.5, 0.6) is 0 Å². The van der Waals surface area contributed by atoms with Crippen LogP contribution in [-0.4, -0.2) is 4.98 Å². The third kappa shape index (κ3) is 2.19. The minimum absolute atomic E-state index is 0.117. The van der Waals surface area contributed by atoms with Gasteiger partial charge >= 0.3 is 0 Å². The Bertz CT molecular complexity index is 320. The van der Waals surface area contributed by atoms with Crippen LogP contribution in [-0.2, 0) is 5.88 Å². The van der Waals surface area contributed by atoms with Crippen molar-refractivity contribution in [1.82, 2.24) is 4.98 Å². The van der Waals surface area contributed by atoms with E-state index in [2.05, 4.69) is 4.98 Å². The molecule has 0 unspecified atom stereocenters. The molecule has 2 nitrogen and oxygen atoms in total. The summed E-state index contributed by atoms with van der Waals surface area (Å²) in [6, 6.07) is 0. The van der Waals surface area contributed by atoms with E-state index in [1.165, 1.54) is 6.20 Å². The fraction of sp³-hybridized carbons (Fsp3) is 0.286. The largest absolute Gasteiger partial charge is 0.397 e. The van der Waals surface area contributed by atoms with Crippen LogP contribution in [0.25, 0.3) is 0 Å². The van der Waals surface area contributed by atoms with E-state index in [4.69, 9.17) is 17.3 Å². The molecular formula is C7H6ClF2IN2. The first kappa shape index (κ1) is 10.9. The molecule has 0 saturated carbocycles. The van der Waals surface area contributed by atoms with Gasteiger partial charge in [-0.3, -0.25) is 4.98 Å². The third-order valence-electron chi connectivity index (χ3n) is 1.52. The molecule has 6 heteroatoms. The van der Waals surface area contributed by atoms with Crippen molar-refractivity contribution in [1.29, 1.82) is 0 Å². The standard InChI is InChI=1S/C7H6ClF2IN2/c8-1-3-4(12)2-13-6(5(3)11)7(9)10/h2,7H,1,12H2. The van der Waals surface area contributed by atoms with Crippen LogP contribution in [0.2, 0.25) is 0 Å². The number of rotatable bonds is 2. The van der Waals surface area contributed by atoms with Gasteiger partial charge in [0.1, 0.15) is 5.69 Å². The number of aromatic nitrogens is 1. The Balaban J connectivity index is 3.27. The second kappa shape index (κ2) is 4.36. The molecule has 1 heterocycles. The highest BCUT2D eigenvalue weighted by Crippen LogP contribution is 2.28. The van der Waals surface area contributed by atoms with Crippen molar-refractivity contribution in [3.63, 3.8) is 0 Å². The number of pyridine rings is 1. The van der Waals surface area contributed by atoms with Gasteiger partial charge in [0.25, 0.3) is 6.43 Å². The normalized spacial score (nSPS) is 10.8. The van der Waals surface area contributed by atoms with E-state index in [0.717, 1.165) is 0 Å². The summed E-state index contributed by atoms with van der Waals surface area (Å²) >= 11 is 7.33. The van der Waals surface area contributed by atoms with Gasteiger partial charge in [0.15, 0.2) is 0 Å². The highest BCUT2D eigenvalue weighted by atomic mass is 127. The van der Waals surface area contributed by atoms with Gasteiger partial charge in [0.2, 0.25) is 0 Å². The van der Waals surface area contributed by atoms with E-state index in [0.29, 0.717) is 14.8 Å². The summed E-state index contributed by atoms with van der Waals surface area (Å²) < 4.78 is 25.0. The highest BCUT2D eigenvalue weighted by molar-refractivity contribution is 14.1. The van der Waals surface area contributed by atoms with Crippen LogP contribution in [0.4, 0.5) is 14.5 Å². The molecule has 0 fully saturated rings. The third-order valence-corrected chi connectivity index (χ3v) is 2.99. The SMILES string of the molecule is Nc1cnc(C(F)F)c(I)c1CCl. The predicted octanol–water partition coefficient (Wildman–Crippen LogP) is 2.94. The Morgan fingerprint density at radius 3 is 2.69 bits per heavy atom. The van der Waals surface area contributed by atoms with Gasteiger partial charge in [-0.2, -0.15) is 0 Å². The average molecular weight is 318 g/mol. The molecule has 1 rings (SSSR count). The number of alkyl halides is 3. The van der Waals surface area contributed by atoms with Crippen molar-refractivity contribution in [2.45, 2.75) is 12.3 Å². The van der Waals surface area contributed by atoms with Crippen molar-refractivity contribution in [2.24, 2.45) is 0 Å². The van der Waals surface area contributed by atoms with Gasteiger partial charge in [-0.25, -0.2) is 8.78 Å². The number of anilines is 1. The number of nitrogen functional groups attached to an aromatic ring is 1. The molecule has 1 aromatic heterocycles. The number of halogens is 4. The fourth-order valence-electron chi connectivity index (χ4n) is 0.843. The Morgan fingerprint density at radius 1 is 1.62 bits per heavy atom. The molecule has 13 heavy (non-hydrogen) atoms. The molecule has 1 aromatic rings. The zero-order valence-corrected chi connectivity index (χ0v) is 9.31. The minimum Gasteiger partial charge on any atom is -0.397 e. The van der Waals surface area contributed by atoms with Gasteiger partial charge in [0.05, 0.1) is 17.8 Å². The van der Waals surface area contributed by atoms with Gasteiger partial charge in [-0.1, -0.05) is 0 Å². The first-order valence-corrected chi connectivity index (χ1v) is 4.96. The number of nitrogens with zero attached hydrogens (tertiary/aromatic N) is 1. The molecule has 0 saturated heterocycles. The molecule has 0 aliphatic heterocycles. The maximum atomic E-state index is 12.3. The van der Waals surface area contributed by atoms with Crippen molar-refractivity contribution >= 4 is 39.9 Å². The maximum absolute atomic E-state index is 12.3. The zero-order valence-electron chi connectivity index (χ0n) is 6.40. The fourth-order valence-corrected chi connectivity index (χ4v) is 2.23. The summed E-state index contributed by atoms with van der Waals surface area (Å²) in [4.78, 5) is 3.54. The van der Waals surface area contributed by atoms with Crippen molar-refractivity contribution in [3.8, 4) is 0 Å². The molecule has 0 amide bonds. The van der Waals surface area contributed by atoms with Crippen LogP contribution >= 0.6 is 34.2 Å². The van der Waals surface area contributed by atoms with Gasteiger partial charge in [0, 0.05) is 9.13 Å². The average Bonchev–Trinajstić information content (AvgIpc) is 2.04. The Hall–Kier alpha value is -0.170. The minimum atomic E-state index is -2.59. The van der Waals surface area contributed by atoms with Gasteiger partial charge in [-0.15, -0.1) is 11.6 Å². The quantitative estimate of drug-likeness (QED) is 0.672. The topological polar surface area (TPSA) is 38.9 Å². The molecule has 0 aliphatic carbocycles. The van der Waals surface area contributed by atoms with Crippen molar-refractivity contribution in [2.75, 3.05) is 5.73 Å². The van der Waals surface area contributed by atoms with E-state index in [1.807, 2.05) is 0 Å². The summed E-state index contributed by atoms with van der Waals surface area (Å²) in [6.45, 7) is 0. The lowest BCUT2D eigenvalue weighted by Crippen LogP contribution is -2.03. The Labute approximate surface area is 92.6 Å². The second-order valence-electron chi connectivity index (χ2n) is 2.33. The maximum Gasteiger partial charge on any atom is 0.281 e. The molecule has 0 aromatic carbocycles. The van der Waals surface area contributed by atoms with Crippen LogP contribution in [0, 0.1) is 3.57 Å². The van der Waals surface area contributed by atoms with E-state index in [-0.39, 0.29) is 11.6 Å². The van der Waals surface area contributed by atoms with E-state index in [1.54, 1.807) is 22.6 Å². The van der Waals surface area contributed by atoms with E-state index < -0.39 is 6.43 Å². The highest BCUT2D eigenvalue weighted by Gasteiger charge is 2.17. The molecule has 72 valence electrons. The van der Waals surface area contributed by atoms with Crippen molar-refractivity contribution < 1.29 is 8.78 Å². The first-order valence-electron chi connectivity index (χ1n) is 3.34. The van der Waals surface area contributed by atoms with E-state index in [9.17, 15) is 8.78 Å². The molecule has 0 spiro atoms. The van der Waals surface area contributed by atoms with Crippen LogP contribution in [0.15, 0.2) is 6.20 Å². The zero-order chi connectivity index (χ0) is 10.0. The Kier molecular flexibility index (Phi) is 3.66. The van der Waals surface area contributed by atoms with Crippen LogP contribution in [0.1, 0.15) is 17.7 Å².